The lowest BCUT2D eigenvalue weighted by atomic mass is 10.2. The van der Waals surface area contributed by atoms with Gasteiger partial charge in [-0.15, -0.1) is 6.58 Å². The second kappa shape index (κ2) is 6.54. The average Bonchev–Trinajstić information content (AvgIpc) is 2.38. The maximum absolute atomic E-state index is 12.1. The molecule has 0 bridgehead atoms. The molecule has 0 fully saturated rings. The van der Waals surface area contributed by atoms with Gasteiger partial charge in [0.1, 0.15) is 5.69 Å². The third-order valence-electron chi connectivity index (χ3n) is 2.36. The molecule has 0 aromatic carbocycles. The molecule has 1 aromatic heterocycles. The molecule has 0 saturated carbocycles. The summed E-state index contributed by atoms with van der Waals surface area (Å²) >= 11 is 0. The summed E-state index contributed by atoms with van der Waals surface area (Å²) in [7, 11) is 0. The normalized spacial score (nSPS) is 9.83. The minimum Gasteiger partial charge on any atom is -0.477 e. The van der Waals surface area contributed by atoms with Crippen molar-refractivity contribution in [2.24, 2.45) is 0 Å². The Kier molecular flexibility index (Phi) is 5.05. The molecule has 0 saturated heterocycles. The number of carbonyl (C=O) groups excluding carboxylic acids is 1. The molecule has 1 N–H and O–H groups in total. The number of pyridine rings is 1. The van der Waals surface area contributed by atoms with Gasteiger partial charge in [0.2, 0.25) is 0 Å². The molecule has 0 aliphatic carbocycles. The van der Waals surface area contributed by atoms with Crippen LogP contribution in [-0.2, 0) is 0 Å². The second-order valence-electron chi connectivity index (χ2n) is 3.78. The Bertz CT molecular complexity index is 440. The van der Waals surface area contributed by atoms with Gasteiger partial charge in [-0.3, -0.25) is 4.79 Å². The fourth-order valence-corrected chi connectivity index (χ4v) is 1.53. The summed E-state index contributed by atoms with van der Waals surface area (Å²) in [6.07, 6.45) is 3.80. The first-order chi connectivity index (χ1) is 8.60. The quantitative estimate of drug-likeness (QED) is 0.779. The molecule has 0 aliphatic heterocycles. The van der Waals surface area contributed by atoms with E-state index in [-0.39, 0.29) is 11.6 Å². The highest BCUT2D eigenvalue weighted by molar-refractivity contribution is 5.95. The highest BCUT2D eigenvalue weighted by Crippen LogP contribution is 2.06. The smallest absolute Gasteiger partial charge is 0.354 e. The number of hydrogen-bond acceptors (Lipinski definition) is 3. The zero-order valence-electron chi connectivity index (χ0n) is 10.3. The van der Waals surface area contributed by atoms with Crippen LogP contribution >= 0.6 is 0 Å². The van der Waals surface area contributed by atoms with Crippen molar-refractivity contribution >= 4 is 11.9 Å². The van der Waals surface area contributed by atoms with Gasteiger partial charge >= 0.3 is 5.97 Å². The van der Waals surface area contributed by atoms with Gasteiger partial charge in [-0.05, 0) is 18.6 Å². The minimum atomic E-state index is -1.11. The largest absolute Gasteiger partial charge is 0.477 e. The predicted octanol–water partition coefficient (Wildman–Crippen LogP) is 1.82. The molecule has 1 aromatic rings. The van der Waals surface area contributed by atoms with E-state index in [1.807, 2.05) is 6.92 Å². The van der Waals surface area contributed by atoms with E-state index in [0.717, 1.165) is 6.42 Å². The van der Waals surface area contributed by atoms with E-state index in [1.165, 1.54) is 18.3 Å². The Labute approximate surface area is 106 Å². The van der Waals surface area contributed by atoms with Crippen LogP contribution in [0.1, 0.15) is 34.2 Å². The highest BCUT2D eigenvalue weighted by Gasteiger charge is 2.14. The lowest BCUT2D eigenvalue weighted by Crippen LogP contribution is -2.32. The van der Waals surface area contributed by atoms with Crippen LogP contribution in [-0.4, -0.2) is 40.0 Å². The van der Waals surface area contributed by atoms with E-state index in [1.54, 1.807) is 11.0 Å². The van der Waals surface area contributed by atoms with Gasteiger partial charge in [0.15, 0.2) is 0 Å². The van der Waals surface area contributed by atoms with Crippen molar-refractivity contribution in [2.45, 2.75) is 13.3 Å². The summed E-state index contributed by atoms with van der Waals surface area (Å²) < 4.78 is 0. The van der Waals surface area contributed by atoms with Crippen molar-refractivity contribution in [3.05, 3.63) is 42.2 Å². The number of rotatable bonds is 6. The van der Waals surface area contributed by atoms with Crippen LogP contribution in [0, 0.1) is 0 Å². The standard InChI is InChI=1S/C13H16N2O3/c1-3-7-15(8-4-2)12(16)10-5-6-11(13(17)18)14-9-10/h3,5-6,9H,1,4,7-8H2,2H3,(H,17,18). The fourth-order valence-electron chi connectivity index (χ4n) is 1.53. The van der Waals surface area contributed by atoms with Crippen LogP contribution in [0.2, 0.25) is 0 Å². The molecule has 1 amide bonds. The van der Waals surface area contributed by atoms with E-state index >= 15 is 0 Å². The zero-order chi connectivity index (χ0) is 13.5. The molecule has 0 aliphatic rings. The Morgan fingerprint density at radius 1 is 1.50 bits per heavy atom. The molecule has 0 atom stereocenters. The Hall–Kier alpha value is -2.17. The molecule has 1 heterocycles. The van der Waals surface area contributed by atoms with Crippen molar-refractivity contribution in [1.82, 2.24) is 9.88 Å². The van der Waals surface area contributed by atoms with Crippen molar-refractivity contribution in [3.8, 4) is 0 Å². The lowest BCUT2D eigenvalue weighted by Gasteiger charge is -2.20. The summed E-state index contributed by atoms with van der Waals surface area (Å²) in [6, 6.07) is 2.80. The van der Waals surface area contributed by atoms with Gasteiger partial charge in [-0.1, -0.05) is 13.0 Å². The van der Waals surface area contributed by atoms with Gasteiger partial charge in [0.25, 0.3) is 5.91 Å². The number of amides is 1. The van der Waals surface area contributed by atoms with Gasteiger partial charge in [0.05, 0.1) is 5.56 Å². The van der Waals surface area contributed by atoms with E-state index in [9.17, 15) is 9.59 Å². The molecule has 5 nitrogen and oxygen atoms in total. The van der Waals surface area contributed by atoms with E-state index in [4.69, 9.17) is 5.11 Å². The van der Waals surface area contributed by atoms with E-state index in [2.05, 4.69) is 11.6 Å². The van der Waals surface area contributed by atoms with Crippen LogP contribution in [0.25, 0.3) is 0 Å². The molecule has 96 valence electrons. The summed E-state index contributed by atoms with van der Waals surface area (Å²) in [4.78, 5) is 28.1. The molecule has 0 unspecified atom stereocenters. The molecule has 5 heteroatoms. The third-order valence-corrected chi connectivity index (χ3v) is 2.36. The number of aromatic carboxylic acids is 1. The van der Waals surface area contributed by atoms with Crippen molar-refractivity contribution in [1.29, 1.82) is 0 Å². The second-order valence-corrected chi connectivity index (χ2v) is 3.78. The number of aromatic nitrogens is 1. The average molecular weight is 248 g/mol. The predicted molar refractivity (Wildman–Crippen MR) is 67.6 cm³/mol. The van der Waals surface area contributed by atoms with Crippen LogP contribution < -0.4 is 0 Å². The summed E-state index contributed by atoms with van der Waals surface area (Å²) in [5.74, 6) is -1.27. The molecule has 0 spiro atoms. The molecular formula is C13H16N2O3. The molecule has 18 heavy (non-hydrogen) atoms. The zero-order valence-corrected chi connectivity index (χ0v) is 10.3. The first kappa shape index (κ1) is 13.9. The monoisotopic (exact) mass is 248 g/mol. The van der Waals surface area contributed by atoms with Crippen molar-refractivity contribution in [2.75, 3.05) is 13.1 Å². The van der Waals surface area contributed by atoms with E-state index in [0.29, 0.717) is 18.7 Å². The van der Waals surface area contributed by atoms with Crippen molar-refractivity contribution in [3.63, 3.8) is 0 Å². The van der Waals surface area contributed by atoms with Crippen LogP contribution in [0.3, 0.4) is 0 Å². The van der Waals surface area contributed by atoms with Gasteiger partial charge < -0.3 is 10.0 Å². The molecule has 1 rings (SSSR count). The fraction of sp³-hybridized carbons (Fsp3) is 0.308. The Morgan fingerprint density at radius 2 is 2.22 bits per heavy atom. The molecule has 0 radical (unpaired) electrons. The van der Waals surface area contributed by atoms with Crippen molar-refractivity contribution < 1.29 is 14.7 Å². The highest BCUT2D eigenvalue weighted by atomic mass is 16.4. The van der Waals surface area contributed by atoms with Gasteiger partial charge in [0, 0.05) is 19.3 Å². The Morgan fingerprint density at radius 3 is 2.67 bits per heavy atom. The minimum absolute atomic E-state index is 0.0719. The number of nitrogens with zero attached hydrogens (tertiary/aromatic N) is 2. The molecular weight excluding hydrogens is 232 g/mol. The number of carbonyl (C=O) groups is 2. The summed E-state index contributed by atoms with van der Waals surface area (Å²) in [5, 5.41) is 8.72. The summed E-state index contributed by atoms with van der Waals surface area (Å²) in [6.45, 7) is 6.69. The van der Waals surface area contributed by atoms with Gasteiger partial charge in [-0.25, -0.2) is 9.78 Å². The number of hydrogen-bond donors (Lipinski definition) is 1. The van der Waals surface area contributed by atoms with Crippen LogP contribution in [0.4, 0.5) is 0 Å². The number of carboxylic acid groups (broad SMARTS) is 1. The lowest BCUT2D eigenvalue weighted by molar-refractivity contribution is 0.0688. The Balaban J connectivity index is 2.87. The van der Waals surface area contributed by atoms with Crippen LogP contribution in [0.15, 0.2) is 31.0 Å². The van der Waals surface area contributed by atoms with Gasteiger partial charge in [-0.2, -0.15) is 0 Å². The SMILES string of the molecule is C=CCN(CCC)C(=O)c1ccc(C(=O)O)nc1. The topological polar surface area (TPSA) is 70.5 Å². The maximum Gasteiger partial charge on any atom is 0.354 e. The third kappa shape index (κ3) is 3.41. The van der Waals surface area contributed by atoms with E-state index < -0.39 is 5.97 Å². The summed E-state index contributed by atoms with van der Waals surface area (Å²) in [5.41, 5.74) is 0.313. The first-order valence-corrected chi connectivity index (χ1v) is 5.69. The number of carboxylic acids is 1. The van der Waals surface area contributed by atoms with Crippen LogP contribution in [0.5, 0.6) is 0 Å². The first-order valence-electron chi connectivity index (χ1n) is 5.69. The maximum atomic E-state index is 12.1.